The molecule has 9 aromatic rings. The second-order valence-corrected chi connectivity index (χ2v) is 14.9. The summed E-state index contributed by atoms with van der Waals surface area (Å²) in [5, 5.41) is 4.96. The fraction of sp³-hybridized carbons (Fsp3) is 0.0566. The molecule has 0 aliphatic heterocycles. The molecular weight excluding hydrogens is 651 g/mol. The Labute approximate surface area is 317 Å². The predicted octanol–water partition coefficient (Wildman–Crippen LogP) is 14.8. The lowest BCUT2D eigenvalue weighted by atomic mass is 9.79. The molecule has 0 spiro atoms. The van der Waals surface area contributed by atoms with Crippen LogP contribution < -0.4 is 4.90 Å². The average Bonchev–Trinajstić information content (AvgIpc) is 3.47. The first-order chi connectivity index (χ1) is 26.6. The van der Waals surface area contributed by atoms with Crippen molar-refractivity contribution in [3.63, 3.8) is 0 Å². The highest BCUT2D eigenvalue weighted by molar-refractivity contribution is 6.04. The van der Waals surface area contributed by atoms with Crippen molar-refractivity contribution >= 4 is 38.6 Å². The fourth-order valence-electron chi connectivity index (χ4n) is 8.93. The van der Waals surface area contributed by atoms with E-state index in [1.54, 1.807) is 0 Å². The molecule has 0 radical (unpaired) electrons. The molecule has 0 amide bonds. The van der Waals surface area contributed by atoms with Crippen molar-refractivity contribution < 1.29 is 0 Å². The van der Waals surface area contributed by atoms with Crippen LogP contribution in [0.15, 0.2) is 200 Å². The van der Waals surface area contributed by atoms with Crippen LogP contribution in [-0.4, -0.2) is 0 Å². The maximum absolute atomic E-state index is 2.44. The highest BCUT2D eigenvalue weighted by Crippen LogP contribution is 2.52. The lowest BCUT2D eigenvalue weighted by molar-refractivity contribution is 0.662. The van der Waals surface area contributed by atoms with E-state index in [0.717, 1.165) is 17.1 Å². The summed E-state index contributed by atoms with van der Waals surface area (Å²) in [5.74, 6) is 0. The zero-order valence-electron chi connectivity index (χ0n) is 30.5. The van der Waals surface area contributed by atoms with Gasteiger partial charge in [0.05, 0.1) is 5.69 Å². The molecule has 9 aromatic carbocycles. The maximum atomic E-state index is 2.44. The van der Waals surface area contributed by atoms with E-state index in [0.29, 0.717) is 0 Å². The Hall–Kier alpha value is -6.70. The summed E-state index contributed by atoms with van der Waals surface area (Å²) < 4.78 is 0. The third-order valence-electron chi connectivity index (χ3n) is 11.5. The van der Waals surface area contributed by atoms with Crippen molar-refractivity contribution in [1.82, 2.24) is 0 Å². The Bertz CT molecular complexity index is 2830. The van der Waals surface area contributed by atoms with E-state index in [2.05, 4.69) is 219 Å². The minimum atomic E-state index is -0.0906. The SMILES string of the molecule is CC1(C)c2ccccc2-c2cccc(-c3ccc(N(c4ccccc4)c4cc(-c5cccc6ccccc56)ccc4-c4cccc5ccccc45)cc3)c21. The largest absolute Gasteiger partial charge is 0.310 e. The number of anilines is 3. The van der Waals surface area contributed by atoms with Crippen molar-refractivity contribution in [1.29, 1.82) is 0 Å². The number of nitrogens with zero attached hydrogens (tertiary/aromatic N) is 1. The van der Waals surface area contributed by atoms with E-state index in [9.17, 15) is 0 Å². The van der Waals surface area contributed by atoms with E-state index in [-0.39, 0.29) is 5.41 Å². The van der Waals surface area contributed by atoms with Crippen molar-refractivity contribution in [3.05, 3.63) is 211 Å². The summed E-state index contributed by atoms with van der Waals surface area (Å²) in [7, 11) is 0. The fourth-order valence-corrected chi connectivity index (χ4v) is 8.93. The zero-order chi connectivity index (χ0) is 36.2. The molecule has 0 bridgehead atoms. The molecule has 1 heteroatoms. The number of fused-ring (bicyclic) bond motifs is 5. The van der Waals surface area contributed by atoms with Crippen LogP contribution in [0, 0.1) is 0 Å². The standard InChI is InChI=1S/C53H39N/c1-53(2)50-28-11-10-23-47(50)49-27-14-25-45(52(49)53)38-29-32-41(33-30-38)54(40-19-4-3-5-20-40)51-35-39(44-24-12-17-36-15-6-8-21-42(36)44)31-34-48(51)46-26-13-18-37-16-7-9-22-43(37)46/h3-35H,1-2H3. The first-order valence-electron chi connectivity index (χ1n) is 18.9. The Morgan fingerprint density at radius 2 is 0.870 bits per heavy atom. The Morgan fingerprint density at radius 1 is 0.352 bits per heavy atom. The first kappa shape index (κ1) is 32.0. The minimum absolute atomic E-state index is 0.0906. The van der Waals surface area contributed by atoms with Crippen molar-refractivity contribution in [2.45, 2.75) is 19.3 Å². The molecule has 54 heavy (non-hydrogen) atoms. The molecule has 0 saturated heterocycles. The van der Waals surface area contributed by atoms with Crippen LogP contribution in [0.4, 0.5) is 17.1 Å². The highest BCUT2D eigenvalue weighted by Gasteiger charge is 2.37. The molecular formula is C53H39N. The van der Waals surface area contributed by atoms with Gasteiger partial charge in [-0.2, -0.15) is 0 Å². The minimum Gasteiger partial charge on any atom is -0.310 e. The lowest BCUT2D eigenvalue weighted by Crippen LogP contribution is -2.16. The van der Waals surface area contributed by atoms with Crippen LogP contribution >= 0.6 is 0 Å². The predicted molar refractivity (Wildman–Crippen MR) is 230 cm³/mol. The third-order valence-corrected chi connectivity index (χ3v) is 11.5. The number of benzene rings is 9. The third kappa shape index (κ3) is 5.16. The molecule has 0 N–H and O–H groups in total. The van der Waals surface area contributed by atoms with Crippen LogP contribution in [0.1, 0.15) is 25.0 Å². The van der Waals surface area contributed by atoms with E-state index in [4.69, 9.17) is 0 Å². The molecule has 0 unspecified atom stereocenters. The summed E-state index contributed by atoms with van der Waals surface area (Å²) in [4.78, 5) is 2.44. The topological polar surface area (TPSA) is 3.24 Å². The first-order valence-corrected chi connectivity index (χ1v) is 18.9. The van der Waals surface area contributed by atoms with Gasteiger partial charge in [0.1, 0.15) is 0 Å². The smallest absolute Gasteiger partial charge is 0.0546 e. The van der Waals surface area contributed by atoms with Crippen LogP contribution in [-0.2, 0) is 5.41 Å². The Morgan fingerprint density at radius 3 is 1.63 bits per heavy atom. The van der Waals surface area contributed by atoms with Crippen molar-refractivity contribution in [3.8, 4) is 44.5 Å². The number of hydrogen-bond donors (Lipinski definition) is 0. The summed E-state index contributed by atoms with van der Waals surface area (Å²) in [5.41, 5.74) is 16.1. The molecule has 1 aliphatic carbocycles. The molecule has 1 nitrogen and oxygen atoms in total. The van der Waals surface area contributed by atoms with Gasteiger partial charge in [-0.25, -0.2) is 0 Å². The molecule has 1 aliphatic rings. The molecule has 256 valence electrons. The summed E-state index contributed by atoms with van der Waals surface area (Å²) in [6.45, 7) is 4.73. The van der Waals surface area contributed by atoms with Gasteiger partial charge in [0.2, 0.25) is 0 Å². The van der Waals surface area contributed by atoms with E-state index in [1.165, 1.54) is 77.2 Å². The van der Waals surface area contributed by atoms with E-state index < -0.39 is 0 Å². The highest BCUT2D eigenvalue weighted by atomic mass is 15.1. The van der Waals surface area contributed by atoms with E-state index >= 15 is 0 Å². The van der Waals surface area contributed by atoms with Crippen molar-refractivity contribution in [2.24, 2.45) is 0 Å². The lowest BCUT2D eigenvalue weighted by Gasteiger charge is -2.29. The van der Waals surface area contributed by atoms with E-state index in [1.807, 2.05) is 0 Å². The Kier molecular flexibility index (Phi) is 7.56. The number of hydrogen-bond acceptors (Lipinski definition) is 1. The van der Waals surface area contributed by atoms with Crippen LogP contribution in [0.2, 0.25) is 0 Å². The Balaban J connectivity index is 1.18. The van der Waals surface area contributed by atoms with Gasteiger partial charge in [0, 0.05) is 22.4 Å². The summed E-state index contributed by atoms with van der Waals surface area (Å²) in [6, 6.07) is 73.4. The normalized spacial score (nSPS) is 12.8. The summed E-state index contributed by atoms with van der Waals surface area (Å²) >= 11 is 0. The van der Waals surface area contributed by atoms with Crippen LogP contribution in [0.3, 0.4) is 0 Å². The molecule has 0 saturated carbocycles. The number of rotatable bonds is 6. The molecule has 0 atom stereocenters. The van der Waals surface area contributed by atoms with Gasteiger partial charge in [-0.1, -0.05) is 184 Å². The monoisotopic (exact) mass is 689 g/mol. The van der Waals surface area contributed by atoms with Gasteiger partial charge in [0.15, 0.2) is 0 Å². The molecule has 0 heterocycles. The van der Waals surface area contributed by atoms with Gasteiger partial charge in [0.25, 0.3) is 0 Å². The van der Waals surface area contributed by atoms with Gasteiger partial charge >= 0.3 is 0 Å². The van der Waals surface area contributed by atoms with Gasteiger partial charge in [-0.15, -0.1) is 0 Å². The van der Waals surface area contributed by atoms with Crippen LogP contribution in [0.5, 0.6) is 0 Å². The average molecular weight is 690 g/mol. The second-order valence-electron chi connectivity index (χ2n) is 14.9. The number of para-hydroxylation sites is 1. The maximum Gasteiger partial charge on any atom is 0.0546 e. The molecule has 0 aromatic heterocycles. The van der Waals surface area contributed by atoms with Gasteiger partial charge in [-0.3, -0.25) is 0 Å². The summed E-state index contributed by atoms with van der Waals surface area (Å²) in [6.07, 6.45) is 0. The zero-order valence-corrected chi connectivity index (χ0v) is 30.5. The van der Waals surface area contributed by atoms with Gasteiger partial charge in [-0.05, 0) is 102 Å². The van der Waals surface area contributed by atoms with Crippen LogP contribution in [0.25, 0.3) is 66.1 Å². The molecule has 0 fully saturated rings. The quantitative estimate of drug-likeness (QED) is 0.168. The molecule has 10 rings (SSSR count). The van der Waals surface area contributed by atoms with Crippen molar-refractivity contribution in [2.75, 3.05) is 4.90 Å². The van der Waals surface area contributed by atoms with Gasteiger partial charge < -0.3 is 4.90 Å². The second kappa shape index (κ2) is 12.8.